The number of para-hydroxylation sites is 1. The summed E-state index contributed by atoms with van der Waals surface area (Å²) in [7, 11) is 0. The number of hydrogen-bond donors (Lipinski definition) is 2. The highest BCUT2D eigenvalue weighted by molar-refractivity contribution is 5.65. The fraction of sp³-hybridized carbons (Fsp3) is 0.500. The Balaban J connectivity index is 2.39. The maximum Gasteiger partial charge on any atom is 0.229 e. The van der Waals surface area contributed by atoms with Crippen molar-refractivity contribution in [1.29, 1.82) is 0 Å². The highest BCUT2D eigenvalue weighted by Crippen LogP contribution is 2.33. The van der Waals surface area contributed by atoms with Gasteiger partial charge in [-0.15, -0.1) is 0 Å². The van der Waals surface area contributed by atoms with Crippen molar-refractivity contribution in [2.75, 3.05) is 10.6 Å². The summed E-state index contributed by atoms with van der Waals surface area (Å²) in [5.74, 6) is 2.32. The standard InChI is InChI=1S/C20H30N4/c1-13(2)15-9-8-10-16(14(3)4)18(15)23-19-21-12-11-17(22-19)24-20(5,6)7/h8-14H,1-7H3,(H2,21,22,23,24). The summed E-state index contributed by atoms with van der Waals surface area (Å²) in [6.45, 7) is 15.2. The molecule has 1 heterocycles. The number of nitrogens with one attached hydrogen (secondary N) is 2. The molecule has 0 aliphatic rings. The summed E-state index contributed by atoms with van der Waals surface area (Å²) in [5, 5.41) is 6.86. The van der Waals surface area contributed by atoms with Gasteiger partial charge in [-0.1, -0.05) is 45.9 Å². The van der Waals surface area contributed by atoms with Crippen molar-refractivity contribution in [3.63, 3.8) is 0 Å². The van der Waals surface area contributed by atoms with Gasteiger partial charge in [0.05, 0.1) is 0 Å². The van der Waals surface area contributed by atoms with Crippen molar-refractivity contribution in [3.05, 3.63) is 41.6 Å². The molecule has 0 saturated carbocycles. The Morgan fingerprint density at radius 2 is 1.50 bits per heavy atom. The van der Waals surface area contributed by atoms with Gasteiger partial charge in [-0.05, 0) is 49.8 Å². The van der Waals surface area contributed by atoms with E-state index in [1.807, 2.05) is 6.07 Å². The number of rotatable bonds is 5. The van der Waals surface area contributed by atoms with E-state index in [2.05, 4.69) is 87.3 Å². The van der Waals surface area contributed by atoms with Crippen molar-refractivity contribution in [2.45, 2.75) is 65.8 Å². The smallest absolute Gasteiger partial charge is 0.229 e. The summed E-state index contributed by atoms with van der Waals surface area (Å²) >= 11 is 0. The molecule has 0 saturated heterocycles. The Morgan fingerprint density at radius 1 is 0.917 bits per heavy atom. The minimum Gasteiger partial charge on any atom is -0.365 e. The van der Waals surface area contributed by atoms with Gasteiger partial charge < -0.3 is 10.6 Å². The topological polar surface area (TPSA) is 49.8 Å². The van der Waals surface area contributed by atoms with E-state index in [9.17, 15) is 0 Å². The van der Waals surface area contributed by atoms with Gasteiger partial charge in [0.25, 0.3) is 0 Å². The van der Waals surface area contributed by atoms with Gasteiger partial charge in [-0.2, -0.15) is 4.98 Å². The van der Waals surface area contributed by atoms with E-state index < -0.39 is 0 Å². The molecule has 0 atom stereocenters. The van der Waals surface area contributed by atoms with E-state index in [4.69, 9.17) is 0 Å². The van der Waals surface area contributed by atoms with Crippen LogP contribution >= 0.6 is 0 Å². The molecule has 2 aromatic rings. The van der Waals surface area contributed by atoms with Gasteiger partial charge >= 0.3 is 0 Å². The molecular formula is C20H30N4. The molecule has 4 heteroatoms. The van der Waals surface area contributed by atoms with Gasteiger partial charge in [-0.3, -0.25) is 0 Å². The third-order valence-corrected chi connectivity index (χ3v) is 3.77. The lowest BCUT2D eigenvalue weighted by atomic mass is 9.93. The lowest BCUT2D eigenvalue weighted by molar-refractivity contribution is 0.630. The molecule has 0 aliphatic carbocycles. The molecule has 0 bridgehead atoms. The van der Waals surface area contributed by atoms with Crippen LogP contribution in [-0.4, -0.2) is 15.5 Å². The van der Waals surface area contributed by atoms with Gasteiger partial charge in [0.2, 0.25) is 5.95 Å². The van der Waals surface area contributed by atoms with Crippen LogP contribution in [0.25, 0.3) is 0 Å². The fourth-order valence-corrected chi connectivity index (χ4v) is 2.68. The zero-order valence-corrected chi connectivity index (χ0v) is 15.9. The molecule has 130 valence electrons. The predicted octanol–water partition coefficient (Wildman–Crippen LogP) is 5.68. The number of aromatic nitrogens is 2. The second-order valence-electron chi connectivity index (χ2n) is 7.89. The maximum absolute atomic E-state index is 4.62. The lowest BCUT2D eigenvalue weighted by Gasteiger charge is -2.22. The van der Waals surface area contributed by atoms with Crippen LogP contribution < -0.4 is 10.6 Å². The van der Waals surface area contributed by atoms with Crippen molar-refractivity contribution < 1.29 is 0 Å². The monoisotopic (exact) mass is 326 g/mol. The van der Waals surface area contributed by atoms with E-state index in [-0.39, 0.29) is 5.54 Å². The minimum absolute atomic E-state index is 0.0371. The van der Waals surface area contributed by atoms with Crippen LogP contribution in [0.2, 0.25) is 0 Å². The van der Waals surface area contributed by atoms with Crippen LogP contribution in [0, 0.1) is 0 Å². The Hall–Kier alpha value is -2.10. The molecule has 1 aromatic heterocycles. The quantitative estimate of drug-likeness (QED) is 0.742. The second kappa shape index (κ2) is 7.20. The highest BCUT2D eigenvalue weighted by atomic mass is 15.2. The average Bonchev–Trinajstić information content (AvgIpc) is 2.45. The van der Waals surface area contributed by atoms with Gasteiger partial charge in [0.1, 0.15) is 5.82 Å². The maximum atomic E-state index is 4.62. The van der Waals surface area contributed by atoms with E-state index in [0.29, 0.717) is 17.8 Å². The molecular weight excluding hydrogens is 296 g/mol. The van der Waals surface area contributed by atoms with Crippen LogP contribution in [0.3, 0.4) is 0 Å². The van der Waals surface area contributed by atoms with Crippen LogP contribution in [0.1, 0.15) is 71.4 Å². The summed E-state index contributed by atoms with van der Waals surface area (Å²) in [4.78, 5) is 9.02. The zero-order chi connectivity index (χ0) is 17.9. The number of hydrogen-bond acceptors (Lipinski definition) is 4. The van der Waals surface area contributed by atoms with E-state index in [0.717, 1.165) is 11.5 Å². The Bertz CT molecular complexity index is 658. The van der Waals surface area contributed by atoms with E-state index in [1.165, 1.54) is 11.1 Å². The van der Waals surface area contributed by atoms with Gasteiger partial charge in [0.15, 0.2) is 0 Å². The molecule has 1 aromatic carbocycles. The summed E-state index contributed by atoms with van der Waals surface area (Å²) < 4.78 is 0. The first-order valence-electron chi connectivity index (χ1n) is 8.68. The van der Waals surface area contributed by atoms with Gasteiger partial charge in [0, 0.05) is 17.4 Å². The molecule has 0 unspecified atom stereocenters. The van der Waals surface area contributed by atoms with E-state index >= 15 is 0 Å². The second-order valence-corrected chi connectivity index (χ2v) is 7.89. The number of benzene rings is 1. The minimum atomic E-state index is -0.0371. The molecule has 2 N–H and O–H groups in total. The first kappa shape index (κ1) is 18.2. The third-order valence-electron chi connectivity index (χ3n) is 3.77. The van der Waals surface area contributed by atoms with Crippen molar-refractivity contribution in [2.24, 2.45) is 0 Å². The van der Waals surface area contributed by atoms with Crippen molar-refractivity contribution in [1.82, 2.24) is 9.97 Å². The summed E-state index contributed by atoms with van der Waals surface area (Å²) in [6, 6.07) is 8.38. The van der Waals surface area contributed by atoms with Crippen LogP contribution in [0.15, 0.2) is 30.5 Å². The Kier molecular flexibility index (Phi) is 5.47. The third kappa shape index (κ3) is 4.70. The van der Waals surface area contributed by atoms with E-state index in [1.54, 1.807) is 6.20 Å². The average molecular weight is 326 g/mol. The predicted molar refractivity (Wildman–Crippen MR) is 103 cm³/mol. The summed E-state index contributed by atoms with van der Waals surface area (Å²) in [6.07, 6.45) is 1.79. The van der Waals surface area contributed by atoms with Crippen LogP contribution in [-0.2, 0) is 0 Å². The Morgan fingerprint density at radius 3 is 2.00 bits per heavy atom. The SMILES string of the molecule is CC(C)c1cccc(C(C)C)c1Nc1nccc(NC(C)(C)C)n1. The number of nitrogens with zero attached hydrogens (tertiary/aromatic N) is 2. The highest BCUT2D eigenvalue weighted by Gasteiger charge is 2.15. The normalized spacial score (nSPS) is 11.9. The summed E-state index contributed by atoms with van der Waals surface area (Å²) in [5.41, 5.74) is 3.68. The zero-order valence-electron chi connectivity index (χ0n) is 15.9. The van der Waals surface area contributed by atoms with Gasteiger partial charge in [-0.25, -0.2) is 4.98 Å². The molecule has 24 heavy (non-hydrogen) atoms. The first-order valence-corrected chi connectivity index (χ1v) is 8.68. The molecule has 0 spiro atoms. The largest absolute Gasteiger partial charge is 0.365 e. The first-order chi connectivity index (χ1) is 11.2. The Labute approximate surface area is 146 Å². The molecule has 0 fully saturated rings. The lowest BCUT2D eigenvalue weighted by Crippen LogP contribution is -2.26. The molecule has 4 nitrogen and oxygen atoms in total. The fourth-order valence-electron chi connectivity index (χ4n) is 2.68. The molecule has 0 aliphatic heterocycles. The molecule has 2 rings (SSSR count). The number of anilines is 3. The van der Waals surface area contributed by atoms with Crippen LogP contribution in [0.5, 0.6) is 0 Å². The molecule has 0 amide bonds. The molecule has 0 radical (unpaired) electrons. The van der Waals surface area contributed by atoms with Crippen molar-refractivity contribution >= 4 is 17.5 Å². The van der Waals surface area contributed by atoms with Crippen molar-refractivity contribution in [3.8, 4) is 0 Å². The van der Waals surface area contributed by atoms with Crippen LogP contribution in [0.4, 0.5) is 17.5 Å².